The van der Waals surface area contributed by atoms with Crippen LogP contribution in [-0.4, -0.2) is 37.8 Å². The van der Waals surface area contributed by atoms with Crippen molar-refractivity contribution in [2.45, 2.75) is 44.9 Å². The van der Waals surface area contributed by atoms with Gasteiger partial charge in [-0.15, -0.1) is 0 Å². The number of nitrogens with zero attached hydrogens (tertiary/aromatic N) is 3. The molecule has 2 aliphatic rings. The number of nitrogen functional groups attached to an aromatic ring is 1. The number of carboxylic acid groups (broad SMARTS) is 1. The molecule has 4 aromatic rings. The third kappa shape index (κ3) is 3.21. The molecule has 4 N–H and O–H groups in total. The molecule has 0 spiro atoms. The number of carbonyl (C=O) groups is 1. The molecule has 2 aromatic carbocycles. The molecule has 0 saturated heterocycles. The van der Waals surface area contributed by atoms with Crippen molar-refractivity contribution in [2.24, 2.45) is 5.92 Å². The van der Waals surface area contributed by atoms with Gasteiger partial charge in [-0.05, 0) is 49.9 Å². The van der Waals surface area contributed by atoms with Gasteiger partial charge in [0.15, 0.2) is 5.58 Å². The molecule has 1 aliphatic heterocycles. The lowest BCUT2D eigenvalue weighted by Crippen LogP contribution is -2.26. The molecule has 1 saturated carbocycles. The van der Waals surface area contributed by atoms with Gasteiger partial charge in [0.05, 0.1) is 18.5 Å². The van der Waals surface area contributed by atoms with E-state index in [0.29, 0.717) is 23.6 Å². The zero-order chi connectivity index (χ0) is 22.0. The summed E-state index contributed by atoms with van der Waals surface area (Å²) >= 11 is 0. The number of nitrogens with one attached hydrogen (secondary N) is 1. The molecule has 1 fully saturated rings. The van der Waals surface area contributed by atoms with Crippen LogP contribution in [0, 0.1) is 5.92 Å². The zero-order valence-corrected chi connectivity index (χ0v) is 17.5. The highest BCUT2D eigenvalue weighted by atomic mass is 16.5. The lowest BCUT2D eigenvalue weighted by atomic mass is 10.1. The minimum absolute atomic E-state index is 0.0291. The lowest BCUT2D eigenvalue weighted by molar-refractivity contribution is -0.137. The minimum atomic E-state index is -0.794. The molecule has 0 unspecified atom stereocenters. The summed E-state index contributed by atoms with van der Waals surface area (Å²) in [5.41, 5.74) is 10.5. The molecular formula is C23H23N5O4. The zero-order valence-electron chi connectivity index (χ0n) is 17.5. The molecule has 3 heterocycles. The molecule has 0 radical (unpaired) electrons. The maximum atomic E-state index is 11.3. The number of ether oxygens (including phenoxy) is 1. The van der Waals surface area contributed by atoms with E-state index >= 15 is 0 Å². The standard InChI is InChI=1S/C23H23N5O4/c1-11-10-28-21-17(26-22(28)13-4-5-18-16(6-13)27-23(24)32-18)7-14(8-19(21)31-11)25-15(9-20(29)30)12-2-3-12/h4-8,11-12,15,25H,2-3,9-10H2,1H3,(H2,24,27)(H,29,30)/t11-,15-/m1/s1. The van der Waals surface area contributed by atoms with Gasteiger partial charge in [-0.1, -0.05) is 0 Å². The maximum Gasteiger partial charge on any atom is 0.305 e. The first kappa shape index (κ1) is 19.0. The Balaban J connectivity index is 1.44. The van der Waals surface area contributed by atoms with Crippen molar-refractivity contribution < 1.29 is 19.1 Å². The Labute approximate surface area is 183 Å². The number of aliphatic carboxylic acids is 1. The Morgan fingerprint density at radius 1 is 1.28 bits per heavy atom. The molecule has 1 aliphatic carbocycles. The number of carboxylic acids is 1. The monoisotopic (exact) mass is 433 g/mol. The van der Waals surface area contributed by atoms with Gasteiger partial charge < -0.3 is 29.9 Å². The highest BCUT2D eigenvalue weighted by molar-refractivity contribution is 5.91. The summed E-state index contributed by atoms with van der Waals surface area (Å²) in [7, 11) is 0. The molecule has 6 rings (SSSR count). The molecule has 164 valence electrons. The highest BCUT2D eigenvalue weighted by Crippen LogP contribution is 2.40. The Morgan fingerprint density at radius 2 is 2.12 bits per heavy atom. The number of imidazole rings is 1. The van der Waals surface area contributed by atoms with Gasteiger partial charge in [0.1, 0.15) is 28.7 Å². The summed E-state index contributed by atoms with van der Waals surface area (Å²) in [6.07, 6.45) is 2.18. The van der Waals surface area contributed by atoms with E-state index in [-0.39, 0.29) is 24.6 Å². The van der Waals surface area contributed by atoms with E-state index in [2.05, 4.69) is 14.9 Å². The quantitative estimate of drug-likeness (QED) is 0.418. The topological polar surface area (TPSA) is 128 Å². The largest absolute Gasteiger partial charge is 0.487 e. The second kappa shape index (κ2) is 6.88. The van der Waals surface area contributed by atoms with Gasteiger partial charge in [-0.3, -0.25) is 4.79 Å². The third-order valence-electron chi connectivity index (χ3n) is 6.17. The van der Waals surface area contributed by atoms with E-state index in [1.807, 2.05) is 37.3 Å². The van der Waals surface area contributed by atoms with Crippen LogP contribution in [0.1, 0.15) is 26.2 Å². The molecule has 0 bridgehead atoms. The Kier molecular flexibility index (Phi) is 4.08. The number of hydrogen-bond donors (Lipinski definition) is 3. The minimum Gasteiger partial charge on any atom is -0.487 e. The molecule has 32 heavy (non-hydrogen) atoms. The first-order chi connectivity index (χ1) is 15.4. The number of aromatic nitrogens is 3. The van der Waals surface area contributed by atoms with Crippen molar-refractivity contribution in [1.82, 2.24) is 14.5 Å². The van der Waals surface area contributed by atoms with E-state index in [1.165, 1.54) is 0 Å². The van der Waals surface area contributed by atoms with Gasteiger partial charge in [0.2, 0.25) is 0 Å². The summed E-state index contributed by atoms with van der Waals surface area (Å²) in [6.45, 7) is 2.70. The average Bonchev–Trinajstić information content (AvgIpc) is 3.42. The van der Waals surface area contributed by atoms with Crippen molar-refractivity contribution in [3.63, 3.8) is 0 Å². The molecular weight excluding hydrogens is 410 g/mol. The predicted molar refractivity (Wildman–Crippen MR) is 120 cm³/mol. The van der Waals surface area contributed by atoms with Gasteiger partial charge in [-0.2, -0.15) is 4.98 Å². The summed E-state index contributed by atoms with van der Waals surface area (Å²) in [5.74, 6) is 1.17. The normalized spacial score (nSPS) is 18.6. The van der Waals surface area contributed by atoms with E-state index in [9.17, 15) is 9.90 Å². The Bertz CT molecular complexity index is 1370. The number of hydrogen-bond acceptors (Lipinski definition) is 7. The average molecular weight is 433 g/mol. The van der Waals surface area contributed by atoms with Crippen LogP contribution in [0.4, 0.5) is 11.7 Å². The second-order valence-corrected chi connectivity index (χ2v) is 8.74. The fraction of sp³-hybridized carbons (Fsp3) is 0.348. The number of nitrogens with two attached hydrogens (primary N) is 1. The molecule has 9 heteroatoms. The van der Waals surface area contributed by atoms with Crippen LogP contribution in [0.3, 0.4) is 0 Å². The second-order valence-electron chi connectivity index (χ2n) is 8.74. The summed E-state index contributed by atoms with van der Waals surface area (Å²) in [5, 5.41) is 12.7. The van der Waals surface area contributed by atoms with Gasteiger partial charge in [-0.25, -0.2) is 4.98 Å². The number of oxazole rings is 1. The van der Waals surface area contributed by atoms with Gasteiger partial charge >= 0.3 is 5.97 Å². The molecule has 2 atom stereocenters. The van der Waals surface area contributed by atoms with Crippen LogP contribution in [-0.2, 0) is 11.3 Å². The van der Waals surface area contributed by atoms with Crippen LogP contribution in [0.25, 0.3) is 33.5 Å². The maximum absolute atomic E-state index is 11.3. The van der Waals surface area contributed by atoms with Crippen molar-refractivity contribution in [3.05, 3.63) is 30.3 Å². The Morgan fingerprint density at radius 3 is 2.91 bits per heavy atom. The predicted octanol–water partition coefficient (Wildman–Crippen LogP) is 3.87. The van der Waals surface area contributed by atoms with Crippen LogP contribution in [0.5, 0.6) is 5.75 Å². The highest BCUT2D eigenvalue weighted by Gasteiger charge is 2.33. The number of fused-ring (bicyclic) bond motifs is 1. The number of benzene rings is 2. The van der Waals surface area contributed by atoms with Crippen LogP contribution < -0.4 is 15.8 Å². The van der Waals surface area contributed by atoms with E-state index in [4.69, 9.17) is 19.9 Å². The van der Waals surface area contributed by atoms with Crippen LogP contribution in [0.2, 0.25) is 0 Å². The molecule has 9 nitrogen and oxygen atoms in total. The Hall–Kier alpha value is -3.75. The number of anilines is 2. The summed E-state index contributed by atoms with van der Waals surface area (Å²) in [4.78, 5) is 20.5. The molecule has 2 aromatic heterocycles. The van der Waals surface area contributed by atoms with Crippen molar-refractivity contribution >= 4 is 39.8 Å². The summed E-state index contributed by atoms with van der Waals surface area (Å²) < 4.78 is 13.7. The fourth-order valence-corrected chi connectivity index (χ4v) is 4.63. The lowest BCUT2D eigenvalue weighted by Gasteiger charge is -2.25. The number of rotatable bonds is 6. The smallest absolute Gasteiger partial charge is 0.305 e. The van der Waals surface area contributed by atoms with Crippen molar-refractivity contribution in [2.75, 3.05) is 11.1 Å². The first-order valence-electron chi connectivity index (χ1n) is 10.8. The molecule has 0 amide bonds. The van der Waals surface area contributed by atoms with Crippen LogP contribution in [0.15, 0.2) is 34.7 Å². The van der Waals surface area contributed by atoms with Crippen molar-refractivity contribution in [1.29, 1.82) is 0 Å². The van der Waals surface area contributed by atoms with E-state index in [0.717, 1.165) is 46.7 Å². The van der Waals surface area contributed by atoms with Crippen LogP contribution >= 0.6 is 0 Å². The summed E-state index contributed by atoms with van der Waals surface area (Å²) in [6, 6.07) is 9.70. The van der Waals surface area contributed by atoms with E-state index < -0.39 is 5.97 Å². The van der Waals surface area contributed by atoms with E-state index in [1.54, 1.807) is 0 Å². The third-order valence-corrected chi connectivity index (χ3v) is 6.17. The van der Waals surface area contributed by atoms with Gasteiger partial charge in [0.25, 0.3) is 6.01 Å². The van der Waals surface area contributed by atoms with Gasteiger partial charge in [0, 0.05) is 23.4 Å². The van der Waals surface area contributed by atoms with Crippen molar-refractivity contribution in [3.8, 4) is 17.1 Å². The first-order valence-corrected chi connectivity index (χ1v) is 10.8. The fourth-order valence-electron chi connectivity index (χ4n) is 4.63. The SMILES string of the molecule is C[C@@H]1Cn2c(-c3ccc4oc(N)nc4c3)nc3cc(N[C@H](CC(=O)O)C4CC4)cc(c32)O1.